The lowest BCUT2D eigenvalue weighted by atomic mass is 9.70. The van der Waals surface area contributed by atoms with Gasteiger partial charge in [-0.15, -0.1) is 0 Å². The van der Waals surface area contributed by atoms with Crippen molar-refractivity contribution in [3.8, 4) is 0 Å². The zero-order valence-electron chi connectivity index (χ0n) is 19.5. The molecule has 0 aromatic heterocycles. The van der Waals surface area contributed by atoms with E-state index in [1.807, 2.05) is 0 Å². The predicted octanol–water partition coefficient (Wildman–Crippen LogP) is 7.08. The third kappa shape index (κ3) is 5.48. The van der Waals surface area contributed by atoms with Crippen LogP contribution in [0.25, 0.3) is 0 Å². The van der Waals surface area contributed by atoms with E-state index in [4.69, 9.17) is 9.98 Å². The summed E-state index contributed by atoms with van der Waals surface area (Å²) in [7, 11) is 0. The molecule has 6 atom stereocenters. The van der Waals surface area contributed by atoms with Gasteiger partial charge in [-0.1, -0.05) is 54.4 Å². The molecular formula is C26H46N2. The third-order valence-electron chi connectivity index (χ3n) is 8.32. The molecule has 0 amide bonds. The van der Waals surface area contributed by atoms with Crippen LogP contribution in [0.4, 0.5) is 0 Å². The summed E-state index contributed by atoms with van der Waals surface area (Å²) in [6.45, 7) is 14.6. The van der Waals surface area contributed by atoms with Crippen LogP contribution in [0.5, 0.6) is 0 Å². The minimum absolute atomic E-state index is 0.428. The molecule has 2 heteroatoms. The summed E-state index contributed by atoms with van der Waals surface area (Å²) in [5, 5.41) is 0. The maximum Gasteiger partial charge on any atom is 0.0719 e. The van der Waals surface area contributed by atoms with Crippen LogP contribution in [-0.2, 0) is 0 Å². The highest BCUT2D eigenvalue weighted by Crippen LogP contribution is 2.38. The first-order chi connectivity index (χ1) is 13.3. The summed E-state index contributed by atoms with van der Waals surface area (Å²) in [5.74, 6) is 6.20. The Balaban J connectivity index is 1.64. The van der Waals surface area contributed by atoms with Gasteiger partial charge >= 0.3 is 0 Å². The van der Waals surface area contributed by atoms with Gasteiger partial charge in [0.15, 0.2) is 0 Å². The summed E-state index contributed by atoms with van der Waals surface area (Å²) >= 11 is 0. The molecule has 0 aromatic carbocycles. The Hall–Kier alpha value is -0.660. The molecule has 0 radical (unpaired) electrons. The molecule has 3 fully saturated rings. The van der Waals surface area contributed by atoms with Gasteiger partial charge in [-0.05, 0) is 85.9 Å². The Bertz CT molecular complexity index is 467. The molecule has 3 rings (SSSR count). The highest BCUT2D eigenvalue weighted by atomic mass is 14.9. The number of rotatable bonds is 4. The minimum Gasteiger partial charge on any atom is -0.292 e. The Morgan fingerprint density at radius 2 is 0.857 bits per heavy atom. The Morgan fingerprint density at radius 3 is 1.18 bits per heavy atom. The van der Waals surface area contributed by atoms with Crippen molar-refractivity contribution < 1.29 is 0 Å². The average molecular weight is 387 g/mol. The van der Waals surface area contributed by atoms with Gasteiger partial charge in [0, 0.05) is 12.4 Å². The molecule has 0 saturated heterocycles. The van der Waals surface area contributed by atoms with Gasteiger partial charge in [0.25, 0.3) is 0 Å². The first kappa shape index (κ1) is 22.0. The van der Waals surface area contributed by atoms with Crippen molar-refractivity contribution >= 4 is 12.4 Å². The highest BCUT2D eigenvalue weighted by molar-refractivity contribution is 5.63. The molecule has 28 heavy (non-hydrogen) atoms. The maximum atomic E-state index is 5.19. The molecule has 3 aliphatic rings. The fourth-order valence-corrected chi connectivity index (χ4v) is 6.93. The monoisotopic (exact) mass is 386 g/mol. The van der Waals surface area contributed by atoms with Crippen molar-refractivity contribution in [2.24, 2.45) is 57.3 Å². The highest BCUT2D eigenvalue weighted by Gasteiger charge is 2.32. The van der Waals surface area contributed by atoms with Crippen LogP contribution in [0.1, 0.15) is 92.9 Å². The number of hydrogen-bond donors (Lipinski definition) is 0. The fourth-order valence-electron chi connectivity index (χ4n) is 6.93. The van der Waals surface area contributed by atoms with Gasteiger partial charge < -0.3 is 0 Å². The second-order valence-electron chi connectivity index (χ2n) is 11.2. The third-order valence-corrected chi connectivity index (χ3v) is 8.32. The molecule has 0 spiro atoms. The fraction of sp³-hybridized carbons (Fsp3) is 0.923. The molecule has 3 saturated carbocycles. The van der Waals surface area contributed by atoms with E-state index in [1.54, 1.807) is 0 Å². The molecule has 0 aliphatic heterocycles. The first-order valence-corrected chi connectivity index (χ1v) is 12.4. The summed E-state index contributed by atoms with van der Waals surface area (Å²) in [6.07, 6.45) is 15.3. The normalized spacial score (nSPS) is 48.4. The van der Waals surface area contributed by atoms with Crippen LogP contribution in [0.2, 0.25) is 0 Å². The van der Waals surface area contributed by atoms with Gasteiger partial charge in [-0.2, -0.15) is 0 Å². The van der Waals surface area contributed by atoms with Crippen molar-refractivity contribution in [2.75, 3.05) is 0 Å². The standard InChI is InChI=1S/C26H46N2/c1-17-11-19(3)23(20(4)12-17)15-27-25-9-7-8-10-26(25)28-16-24-21(5)13-18(2)14-22(24)6/h15-26H,7-14H2,1-6H3. The van der Waals surface area contributed by atoms with Gasteiger partial charge in [-0.25, -0.2) is 0 Å². The molecule has 0 aromatic rings. The van der Waals surface area contributed by atoms with Crippen molar-refractivity contribution in [1.82, 2.24) is 0 Å². The smallest absolute Gasteiger partial charge is 0.0719 e. The maximum absolute atomic E-state index is 5.19. The second-order valence-corrected chi connectivity index (χ2v) is 11.2. The van der Waals surface area contributed by atoms with E-state index in [0.29, 0.717) is 23.9 Å². The van der Waals surface area contributed by atoms with Crippen molar-refractivity contribution in [2.45, 2.75) is 105 Å². The molecule has 160 valence electrons. The van der Waals surface area contributed by atoms with Crippen LogP contribution in [0.15, 0.2) is 9.98 Å². The van der Waals surface area contributed by atoms with E-state index >= 15 is 0 Å². The van der Waals surface area contributed by atoms with E-state index in [-0.39, 0.29) is 0 Å². The van der Waals surface area contributed by atoms with Crippen LogP contribution in [0.3, 0.4) is 0 Å². The van der Waals surface area contributed by atoms with E-state index in [1.165, 1.54) is 51.4 Å². The van der Waals surface area contributed by atoms with Crippen LogP contribution in [-0.4, -0.2) is 24.5 Å². The van der Waals surface area contributed by atoms with Gasteiger partial charge in [0.2, 0.25) is 0 Å². The summed E-state index contributed by atoms with van der Waals surface area (Å²) < 4.78 is 0. The number of hydrogen-bond acceptors (Lipinski definition) is 2. The van der Waals surface area contributed by atoms with Crippen molar-refractivity contribution in [1.29, 1.82) is 0 Å². The van der Waals surface area contributed by atoms with E-state index < -0.39 is 0 Å². The molecule has 3 aliphatic carbocycles. The quantitative estimate of drug-likeness (QED) is 0.461. The molecule has 6 unspecified atom stereocenters. The Kier molecular flexibility index (Phi) is 7.79. The van der Waals surface area contributed by atoms with Crippen molar-refractivity contribution in [3.05, 3.63) is 0 Å². The summed E-state index contributed by atoms with van der Waals surface area (Å²) in [5.41, 5.74) is 0. The van der Waals surface area contributed by atoms with E-state index in [2.05, 4.69) is 54.0 Å². The topological polar surface area (TPSA) is 24.7 Å². The zero-order valence-corrected chi connectivity index (χ0v) is 19.5. The van der Waals surface area contributed by atoms with Gasteiger partial charge in [0.1, 0.15) is 0 Å². The van der Waals surface area contributed by atoms with E-state index in [0.717, 1.165) is 35.5 Å². The molecule has 0 N–H and O–H groups in total. The molecular weight excluding hydrogens is 340 g/mol. The van der Waals surface area contributed by atoms with Crippen LogP contribution >= 0.6 is 0 Å². The number of aliphatic imine (C=N–C) groups is 2. The lowest BCUT2D eigenvalue weighted by molar-refractivity contribution is 0.188. The minimum atomic E-state index is 0.428. The Morgan fingerprint density at radius 1 is 0.536 bits per heavy atom. The van der Waals surface area contributed by atoms with Gasteiger partial charge in [0.05, 0.1) is 12.1 Å². The number of nitrogens with zero attached hydrogens (tertiary/aromatic N) is 2. The lowest BCUT2D eigenvalue weighted by Gasteiger charge is -2.37. The second kappa shape index (κ2) is 9.90. The first-order valence-electron chi connectivity index (χ1n) is 12.4. The summed E-state index contributed by atoms with van der Waals surface area (Å²) in [6, 6.07) is 0.855. The predicted molar refractivity (Wildman–Crippen MR) is 123 cm³/mol. The molecule has 2 nitrogen and oxygen atoms in total. The van der Waals surface area contributed by atoms with Crippen molar-refractivity contribution in [3.63, 3.8) is 0 Å². The SMILES string of the molecule is CC1CC(C)C(C=NC2CCCCC2N=CC2C(C)CC(C)CC2C)C(C)C1. The van der Waals surface area contributed by atoms with Gasteiger partial charge in [-0.3, -0.25) is 9.98 Å². The average Bonchev–Trinajstić information content (AvgIpc) is 2.61. The molecule has 0 heterocycles. The summed E-state index contributed by atoms with van der Waals surface area (Å²) in [4.78, 5) is 10.4. The largest absolute Gasteiger partial charge is 0.292 e. The van der Waals surface area contributed by atoms with Crippen LogP contribution < -0.4 is 0 Å². The van der Waals surface area contributed by atoms with Crippen LogP contribution in [0, 0.1) is 47.3 Å². The molecule has 0 bridgehead atoms. The zero-order chi connectivity index (χ0) is 20.3. The Labute approximate surface area is 175 Å². The lowest BCUT2D eigenvalue weighted by Crippen LogP contribution is -2.33. The van der Waals surface area contributed by atoms with E-state index in [9.17, 15) is 0 Å².